The number of aromatic nitrogens is 1. The molecule has 142 valence electrons. The number of hydrogen-bond acceptors (Lipinski definition) is 4. The van der Waals surface area contributed by atoms with Crippen LogP contribution >= 0.6 is 11.6 Å². The number of halogens is 2. The molecule has 2 amide bonds. The Morgan fingerprint density at radius 2 is 2.11 bits per heavy atom. The van der Waals surface area contributed by atoms with Crippen molar-refractivity contribution in [2.24, 2.45) is 0 Å². The number of ether oxygens (including phenoxy) is 1. The van der Waals surface area contributed by atoms with Crippen LogP contribution in [0.3, 0.4) is 0 Å². The highest BCUT2D eigenvalue weighted by Crippen LogP contribution is 2.20. The maximum absolute atomic E-state index is 13.3. The van der Waals surface area contributed by atoms with Gasteiger partial charge in [-0.15, -0.1) is 0 Å². The van der Waals surface area contributed by atoms with E-state index in [1.54, 1.807) is 12.3 Å². The van der Waals surface area contributed by atoms with Gasteiger partial charge in [-0.1, -0.05) is 18.2 Å². The summed E-state index contributed by atoms with van der Waals surface area (Å²) >= 11 is 5.58. The Kier molecular flexibility index (Phi) is 7.31. The molecule has 27 heavy (non-hydrogen) atoms. The van der Waals surface area contributed by atoms with Crippen LogP contribution in [0.15, 0.2) is 48.9 Å². The summed E-state index contributed by atoms with van der Waals surface area (Å²) in [5, 5.41) is 5.27. The van der Waals surface area contributed by atoms with Gasteiger partial charge in [0, 0.05) is 37.1 Å². The van der Waals surface area contributed by atoms with Gasteiger partial charge < -0.3 is 15.4 Å². The number of aryl methyl sites for hydroxylation is 1. The maximum atomic E-state index is 13.3. The quantitative estimate of drug-likeness (QED) is 0.724. The molecule has 0 radical (unpaired) electrons. The molecule has 0 atom stereocenters. The molecule has 0 spiro atoms. The lowest BCUT2D eigenvalue weighted by Crippen LogP contribution is -2.31. The minimum Gasteiger partial charge on any atom is -0.484 e. The second-order valence-corrected chi connectivity index (χ2v) is 6.12. The molecule has 8 heteroatoms. The van der Waals surface area contributed by atoms with Gasteiger partial charge in [-0.25, -0.2) is 4.39 Å². The summed E-state index contributed by atoms with van der Waals surface area (Å²) < 4.78 is 18.5. The monoisotopic (exact) mass is 391 g/mol. The molecule has 0 bridgehead atoms. The smallest absolute Gasteiger partial charge is 0.262 e. The first-order valence-electron chi connectivity index (χ1n) is 8.11. The number of nitrogens with zero attached hydrogens (tertiary/aromatic N) is 1. The molecule has 2 rings (SSSR count). The highest BCUT2D eigenvalue weighted by molar-refractivity contribution is 6.30. The van der Waals surface area contributed by atoms with Crippen molar-refractivity contribution in [2.45, 2.75) is 13.3 Å². The molecule has 0 saturated carbocycles. The number of carbonyl (C=O) groups excluding carboxylic acids is 2. The second kappa shape index (κ2) is 9.68. The summed E-state index contributed by atoms with van der Waals surface area (Å²) in [6, 6.07) is 5.65. The van der Waals surface area contributed by atoms with Gasteiger partial charge in [0.25, 0.3) is 11.8 Å². The normalized spacial score (nSPS) is 10.2. The Labute approximate surface area is 161 Å². The van der Waals surface area contributed by atoms with Crippen molar-refractivity contribution < 1.29 is 18.7 Å². The summed E-state index contributed by atoms with van der Waals surface area (Å²) in [6.07, 6.45) is 3.47. The van der Waals surface area contributed by atoms with E-state index in [1.165, 1.54) is 18.3 Å². The Hall–Kier alpha value is -2.93. The van der Waals surface area contributed by atoms with Crippen LogP contribution in [-0.2, 0) is 4.79 Å². The van der Waals surface area contributed by atoms with Gasteiger partial charge in [0.15, 0.2) is 6.61 Å². The van der Waals surface area contributed by atoms with Crippen LogP contribution in [-0.4, -0.2) is 29.9 Å². The SMILES string of the molecule is C=C(CCNC(=O)c1cnccc1C)NC(=O)COc1ccc(Cl)c(F)c1. The lowest BCUT2D eigenvalue weighted by atomic mass is 10.1. The van der Waals surface area contributed by atoms with E-state index >= 15 is 0 Å². The van der Waals surface area contributed by atoms with Crippen molar-refractivity contribution in [3.05, 3.63) is 70.9 Å². The van der Waals surface area contributed by atoms with E-state index in [0.717, 1.165) is 11.6 Å². The van der Waals surface area contributed by atoms with Gasteiger partial charge in [-0.05, 0) is 30.7 Å². The van der Waals surface area contributed by atoms with Crippen LogP contribution in [0.1, 0.15) is 22.3 Å². The maximum Gasteiger partial charge on any atom is 0.262 e. The van der Waals surface area contributed by atoms with Crippen molar-refractivity contribution in [3.63, 3.8) is 0 Å². The summed E-state index contributed by atoms with van der Waals surface area (Å²) in [5.41, 5.74) is 1.75. The molecule has 0 aliphatic rings. The first-order chi connectivity index (χ1) is 12.9. The van der Waals surface area contributed by atoms with Gasteiger partial charge in [-0.2, -0.15) is 0 Å². The van der Waals surface area contributed by atoms with Crippen molar-refractivity contribution in [1.82, 2.24) is 15.6 Å². The van der Waals surface area contributed by atoms with Crippen LogP contribution in [0.5, 0.6) is 5.75 Å². The summed E-state index contributed by atoms with van der Waals surface area (Å²) in [6.45, 7) is 5.55. The second-order valence-electron chi connectivity index (χ2n) is 5.71. The first kappa shape index (κ1) is 20.4. The molecule has 0 unspecified atom stereocenters. The lowest BCUT2D eigenvalue weighted by molar-refractivity contribution is -0.122. The van der Waals surface area contributed by atoms with Gasteiger partial charge in [0.05, 0.1) is 10.6 Å². The zero-order valence-corrected chi connectivity index (χ0v) is 15.5. The van der Waals surface area contributed by atoms with Gasteiger partial charge >= 0.3 is 0 Å². The summed E-state index contributed by atoms with van der Waals surface area (Å²) in [5.74, 6) is -1.12. The Bertz CT molecular complexity index is 858. The highest BCUT2D eigenvalue weighted by Gasteiger charge is 2.10. The van der Waals surface area contributed by atoms with Gasteiger partial charge in [0.2, 0.25) is 0 Å². The third kappa shape index (κ3) is 6.38. The number of pyridine rings is 1. The Morgan fingerprint density at radius 3 is 2.81 bits per heavy atom. The van der Waals surface area contributed by atoms with Crippen molar-refractivity contribution in [1.29, 1.82) is 0 Å². The van der Waals surface area contributed by atoms with E-state index in [0.29, 0.717) is 24.2 Å². The van der Waals surface area contributed by atoms with Crippen molar-refractivity contribution in [3.8, 4) is 5.75 Å². The average Bonchev–Trinajstić information content (AvgIpc) is 2.63. The van der Waals surface area contributed by atoms with Gasteiger partial charge in [0.1, 0.15) is 11.6 Å². The molecular formula is C19H19ClFN3O3. The molecule has 1 heterocycles. The molecule has 0 saturated heterocycles. The predicted molar refractivity (Wildman–Crippen MR) is 100 cm³/mol. The third-order valence-corrected chi connectivity index (χ3v) is 3.88. The molecular weight excluding hydrogens is 373 g/mol. The van der Waals surface area contributed by atoms with Crippen LogP contribution in [0.4, 0.5) is 4.39 Å². The Morgan fingerprint density at radius 1 is 1.33 bits per heavy atom. The topological polar surface area (TPSA) is 80.3 Å². The number of rotatable bonds is 8. The molecule has 0 aliphatic heterocycles. The zero-order valence-electron chi connectivity index (χ0n) is 14.7. The average molecular weight is 392 g/mol. The first-order valence-corrected chi connectivity index (χ1v) is 8.49. The zero-order chi connectivity index (χ0) is 19.8. The lowest BCUT2D eigenvalue weighted by Gasteiger charge is -2.11. The largest absolute Gasteiger partial charge is 0.484 e. The van der Waals surface area contributed by atoms with Crippen LogP contribution in [0.25, 0.3) is 0 Å². The fourth-order valence-corrected chi connectivity index (χ4v) is 2.25. The molecule has 1 aromatic carbocycles. The van der Waals surface area contributed by atoms with Crippen molar-refractivity contribution in [2.75, 3.05) is 13.2 Å². The van der Waals surface area contributed by atoms with Crippen LogP contribution in [0, 0.1) is 12.7 Å². The van der Waals surface area contributed by atoms with Crippen LogP contribution in [0.2, 0.25) is 5.02 Å². The van der Waals surface area contributed by atoms with E-state index < -0.39 is 11.7 Å². The number of hydrogen-bond donors (Lipinski definition) is 2. The minimum absolute atomic E-state index is 0.0243. The number of nitrogens with one attached hydrogen (secondary N) is 2. The van der Waals surface area contributed by atoms with E-state index in [1.807, 2.05) is 6.92 Å². The highest BCUT2D eigenvalue weighted by atomic mass is 35.5. The third-order valence-electron chi connectivity index (χ3n) is 3.57. The molecule has 6 nitrogen and oxygen atoms in total. The standard InChI is InChI=1S/C19H19ClFN3O3/c1-12-5-7-22-10-15(12)19(26)23-8-6-13(2)24-18(25)11-27-14-3-4-16(20)17(21)9-14/h3-5,7,9-10H,2,6,8,11H2,1H3,(H,23,26)(H,24,25). The summed E-state index contributed by atoms with van der Waals surface area (Å²) in [4.78, 5) is 27.8. The van der Waals surface area contributed by atoms with Crippen molar-refractivity contribution >= 4 is 23.4 Å². The van der Waals surface area contributed by atoms with E-state index in [-0.39, 0.29) is 23.3 Å². The fraction of sp³-hybridized carbons (Fsp3) is 0.211. The van der Waals surface area contributed by atoms with E-state index in [4.69, 9.17) is 16.3 Å². The number of carbonyl (C=O) groups is 2. The summed E-state index contributed by atoms with van der Waals surface area (Å²) in [7, 11) is 0. The van der Waals surface area contributed by atoms with Gasteiger partial charge in [-0.3, -0.25) is 14.6 Å². The molecule has 2 N–H and O–H groups in total. The number of benzene rings is 1. The van der Waals surface area contributed by atoms with Crippen LogP contribution < -0.4 is 15.4 Å². The number of amides is 2. The van der Waals surface area contributed by atoms with E-state index in [9.17, 15) is 14.0 Å². The molecule has 0 aliphatic carbocycles. The molecule has 1 aromatic heterocycles. The molecule has 2 aromatic rings. The molecule has 0 fully saturated rings. The Balaban J connectivity index is 1.70. The predicted octanol–water partition coefficient (Wildman–Crippen LogP) is 3.01. The fourth-order valence-electron chi connectivity index (χ4n) is 2.14. The minimum atomic E-state index is -0.626. The van der Waals surface area contributed by atoms with E-state index in [2.05, 4.69) is 22.2 Å².